The molecule has 1 atom stereocenters. The maximum Gasteiger partial charge on any atom is 0.228 e. The second-order valence-electron chi connectivity index (χ2n) is 3.65. The van der Waals surface area contributed by atoms with Crippen molar-refractivity contribution in [2.24, 2.45) is 5.41 Å². The lowest BCUT2D eigenvalue weighted by molar-refractivity contribution is -0.134. The number of carbonyl (C=O) groups is 1. The molecule has 0 rings (SSSR count). The average molecular weight is 261 g/mol. The molecule has 0 heterocycles. The molecule has 0 radical (unpaired) electrons. The standard InChI is InChI=1S/C9H19NO2.2C2H6.C2H4/c1-5-6-10-8(12)9(3,4)7(2)11;3*1-2/h7,11H,5-6H2,1-4H3,(H,10,12);2*1-2H3;1-2H2. The van der Waals surface area contributed by atoms with Crippen LogP contribution in [0.5, 0.6) is 0 Å². The fourth-order valence-electron chi connectivity index (χ4n) is 0.656. The van der Waals surface area contributed by atoms with E-state index in [0.29, 0.717) is 6.54 Å². The first-order valence-electron chi connectivity index (χ1n) is 6.89. The molecule has 0 saturated carbocycles. The minimum atomic E-state index is -0.685. The van der Waals surface area contributed by atoms with E-state index in [1.165, 1.54) is 0 Å². The number of amides is 1. The van der Waals surface area contributed by atoms with Gasteiger partial charge in [0.15, 0.2) is 0 Å². The van der Waals surface area contributed by atoms with Crippen LogP contribution in [0, 0.1) is 5.41 Å². The summed E-state index contributed by atoms with van der Waals surface area (Å²) in [6.45, 7) is 21.8. The zero-order chi connectivity index (χ0) is 15.8. The summed E-state index contributed by atoms with van der Waals surface area (Å²) in [4.78, 5) is 11.4. The third kappa shape index (κ3) is 13.2. The number of hydrogen-bond acceptors (Lipinski definition) is 2. The van der Waals surface area contributed by atoms with Crippen LogP contribution in [-0.4, -0.2) is 23.7 Å². The molecule has 0 aromatic rings. The highest BCUT2D eigenvalue weighted by molar-refractivity contribution is 5.82. The third-order valence-electron chi connectivity index (χ3n) is 2.17. The Hall–Kier alpha value is -0.830. The Bertz CT molecular complexity index is 166. The Kier molecular flexibility index (Phi) is 26.6. The summed E-state index contributed by atoms with van der Waals surface area (Å²) in [7, 11) is 0. The zero-order valence-electron chi connectivity index (χ0n) is 13.8. The Balaban J connectivity index is -0.000000141. The molecular formula is C15H35NO2. The molecule has 2 N–H and O–H groups in total. The summed E-state index contributed by atoms with van der Waals surface area (Å²) in [5.41, 5.74) is -0.685. The number of carbonyl (C=O) groups excluding carboxylic acids is 1. The lowest BCUT2D eigenvalue weighted by Crippen LogP contribution is -2.43. The number of aliphatic hydroxyl groups is 1. The van der Waals surface area contributed by atoms with E-state index in [4.69, 9.17) is 0 Å². The van der Waals surface area contributed by atoms with Gasteiger partial charge in [0.2, 0.25) is 5.91 Å². The first-order chi connectivity index (χ1) is 8.42. The zero-order valence-corrected chi connectivity index (χ0v) is 13.8. The fraction of sp³-hybridized carbons (Fsp3) is 0.800. The SMILES string of the molecule is C=C.CC.CC.CCCNC(=O)C(C)(C)C(C)O. The number of nitrogens with one attached hydrogen (secondary N) is 1. The van der Waals surface area contributed by atoms with Gasteiger partial charge in [-0.15, -0.1) is 13.2 Å². The molecule has 0 aliphatic carbocycles. The summed E-state index contributed by atoms with van der Waals surface area (Å²) >= 11 is 0. The minimum absolute atomic E-state index is 0.0839. The molecule has 0 saturated heterocycles. The van der Waals surface area contributed by atoms with Crippen LogP contribution in [-0.2, 0) is 4.79 Å². The highest BCUT2D eigenvalue weighted by atomic mass is 16.3. The van der Waals surface area contributed by atoms with Crippen molar-refractivity contribution < 1.29 is 9.90 Å². The van der Waals surface area contributed by atoms with Crippen molar-refractivity contribution in [2.75, 3.05) is 6.54 Å². The molecule has 1 unspecified atom stereocenters. The highest BCUT2D eigenvalue weighted by Crippen LogP contribution is 2.19. The molecule has 0 fully saturated rings. The maximum absolute atomic E-state index is 11.4. The minimum Gasteiger partial charge on any atom is -0.392 e. The van der Waals surface area contributed by atoms with Crippen molar-refractivity contribution >= 4 is 5.91 Å². The van der Waals surface area contributed by atoms with Gasteiger partial charge < -0.3 is 10.4 Å². The second-order valence-corrected chi connectivity index (χ2v) is 3.65. The summed E-state index contributed by atoms with van der Waals surface area (Å²) in [5, 5.41) is 12.0. The predicted octanol–water partition coefficient (Wildman–Crippen LogP) is 3.77. The van der Waals surface area contributed by atoms with E-state index in [1.807, 2.05) is 34.6 Å². The quantitative estimate of drug-likeness (QED) is 0.757. The summed E-state index contributed by atoms with van der Waals surface area (Å²) in [5.74, 6) is -0.0839. The molecule has 0 spiro atoms. The smallest absolute Gasteiger partial charge is 0.228 e. The molecule has 1 amide bonds. The lowest BCUT2D eigenvalue weighted by atomic mass is 9.86. The van der Waals surface area contributed by atoms with E-state index >= 15 is 0 Å². The van der Waals surface area contributed by atoms with Crippen LogP contribution < -0.4 is 5.32 Å². The summed E-state index contributed by atoms with van der Waals surface area (Å²) in [6.07, 6.45) is 0.302. The highest BCUT2D eigenvalue weighted by Gasteiger charge is 2.32. The van der Waals surface area contributed by atoms with Crippen LogP contribution in [0.1, 0.15) is 61.8 Å². The Morgan fingerprint density at radius 3 is 1.78 bits per heavy atom. The molecule has 3 heteroatoms. The van der Waals surface area contributed by atoms with E-state index in [2.05, 4.69) is 18.5 Å². The molecule has 3 nitrogen and oxygen atoms in total. The molecule has 18 heavy (non-hydrogen) atoms. The Morgan fingerprint density at radius 1 is 1.22 bits per heavy atom. The van der Waals surface area contributed by atoms with Crippen molar-refractivity contribution in [1.82, 2.24) is 5.32 Å². The van der Waals surface area contributed by atoms with Gasteiger partial charge in [-0.05, 0) is 27.2 Å². The van der Waals surface area contributed by atoms with Gasteiger partial charge in [-0.3, -0.25) is 4.79 Å². The maximum atomic E-state index is 11.4. The van der Waals surface area contributed by atoms with Crippen molar-refractivity contribution in [2.45, 2.75) is 67.9 Å². The van der Waals surface area contributed by atoms with Gasteiger partial charge in [0.05, 0.1) is 11.5 Å². The van der Waals surface area contributed by atoms with Gasteiger partial charge in [0.25, 0.3) is 0 Å². The van der Waals surface area contributed by atoms with Gasteiger partial charge in [-0.2, -0.15) is 0 Å². The first kappa shape index (κ1) is 25.9. The predicted molar refractivity (Wildman–Crippen MR) is 82.7 cm³/mol. The molecule has 112 valence electrons. The van der Waals surface area contributed by atoms with E-state index in [1.54, 1.807) is 20.8 Å². The molecule has 0 bridgehead atoms. The monoisotopic (exact) mass is 261 g/mol. The van der Waals surface area contributed by atoms with Crippen LogP contribution in [0.4, 0.5) is 0 Å². The van der Waals surface area contributed by atoms with Crippen molar-refractivity contribution in [3.05, 3.63) is 13.2 Å². The summed E-state index contributed by atoms with van der Waals surface area (Å²) in [6, 6.07) is 0. The van der Waals surface area contributed by atoms with Gasteiger partial charge in [-0.1, -0.05) is 34.6 Å². The fourth-order valence-corrected chi connectivity index (χ4v) is 0.656. The molecule has 0 aliphatic heterocycles. The van der Waals surface area contributed by atoms with Gasteiger partial charge in [0.1, 0.15) is 0 Å². The van der Waals surface area contributed by atoms with E-state index < -0.39 is 11.5 Å². The van der Waals surface area contributed by atoms with Gasteiger partial charge in [0, 0.05) is 6.54 Å². The van der Waals surface area contributed by atoms with Crippen molar-refractivity contribution in [1.29, 1.82) is 0 Å². The molecular weight excluding hydrogens is 226 g/mol. The average Bonchev–Trinajstić information content (AvgIpc) is 2.42. The van der Waals surface area contributed by atoms with Crippen LogP contribution >= 0.6 is 0 Å². The Labute approximate surface area is 115 Å². The van der Waals surface area contributed by atoms with Crippen LogP contribution in [0.2, 0.25) is 0 Å². The summed E-state index contributed by atoms with van der Waals surface area (Å²) < 4.78 is 0. The van der Waals surface area contributed by atoms with E-state index in [-0.39, 0.29) is 5.91 Å². The lowest BCUT2D eigenvalue weighted by Gasteiger charge is -2.26. The first-order valence-corrected chi connectivity index (χ1v) is 6.89. The normalized spacial score (nSPS) is 10.3. The number of aliphatic hydroxyl groups excluding tert-OH is 1. The molecule has 0 aromatic heterocycles. The molecule has 0 aromatic carbocycles. The van der Waals surface area contributed by atoms with E-state index in [0.717, 1.165) is 6.42 Å². The number of hydrogen-bond donors (Lipinski definition) is 2. The van der Waals surface area contributed by atoms with E-state index in [9.17, 15) is 9.90 Å². The second kappa shape index (κ2) is 18.5. The van der Waals surface area contributed by atoms with Gasteiger partial charge in [-0.25, -0.2) is 0 Å². The topological polar surface area (TPSA) is 49.3 Å². The molecule has 0 aliphatic rings. The van der Waals surface area contributed by atoms with Crippen LogP contribution in [0.3, 0.4) is 0 Å². The van der Waals surface area contributed by atoms with Crippen molar-refractivity contribution in [3.63, 3.8) is 0 Å². The largest absolute Gasteiger partial charge is 0.392 e. The van der Waals surface area contributed by atoms with Crippen LogP contribution in [0.15, 0.2) is 13.2 Å². The third-order valence-corrected chi connectivity index (χ3v) is 2.17. The van der Waals surface area contributed by atoms with Gasteiger partial charge >= 0.3 is 0 Å². The van der Waals surface area contributed by atoms with Crippen LogP contribution in [0.25, 0.3) is 0 Å². The Morgan fingerprint density at radius 2 is 1.56 bits per heavy atom. The van der Waals surface area contributed by atoms with Crippen molar-refractivity contribution in [3.8, 4) is 0 Å². The number of rotatable bonds is 4.